The van der Waals surface area contributed by atoms with E-state index in [1.807, 2.05) is 13.8 Å². The molecule has 0 bridgehead atoms. The van der Waals surface area contributed by atoms with Gasteiger partial charge in [0.25, 0.3) is 0 Å². The van der Waals surface area contributed by atoms with Crippen LogP contribution in [0.15, 0.2) is 23.1 Å². The number of piperidine rings is 1. The van der Waals surface area contributed by atoms with E-state index in [1.165, 1.54) is 7.11 Å². The lowest BCUT2D eigenvalue weighted by Crippen LogP contribution is -2.49. The second-order valence-electron chi connectivity index (χ2n) is 8.31. The molecule has 3 rings (SSSR count). The molecule has 2 heterocycles. The Morgan fingerprint density at radius 2 is 1.83 bits per heavy atom. The zero-order valence-electron chi connectivity index (χ0n) is 17.9. The van der Waals surface area contributed by atoms with Crippen molar-refractivity contribution in [1.29, 1.82) is 0 Å². The molecule has 9 heteroatoms. The largest absolute Gasteiger partial charge is 0.453 e. The Labute approximate surface area is 178 Å². The molecule has 1 atom stereocenters. The van der Waals surface area contributed by atoms with E-state index in [4.69, 9.17) is 0 Å². The zero-order valence-corrected chi connectivity index (χ0v) is 18.7. The van der Waals surface area contributed by atoms with Gasteiger partial charge < -0.3 is 15.0 Å². The SMILES string of the molecule is COC(=O)NC(CC(C)C)C(=O)N1CCc2cc(S(=O)(=O)N3CCCCC3)ccc21. The van der Waals surface area contributed by atoms with E-state index in [1.54, 1.807) is 27.4 Å². The molecular formula is C21H31N3O5S. The lowest BCUT2D eigenvalue weighted by atomic mass is 10.0. The number of nitrogens with one attached hydrogen (secondary N) is 1. The number of alkyl carbamates (subject to hydrolysis) is 1. The Balaban J connectivity index is 1.82. The van der Waals surface area contributed by atoms with Crippen molar-refractivity contribution in [1.82, 2.24) is 9.62 Å². The Morgan fingerprint density at radius 1 is 1.13 bits per heavy atom. The minimum Gasteiger partial charge on any atom is -0.453 e. The minimum atomic E-state index is -3.52. The second-order valence-corrected chi connectivity index (χ2v) is 10.3. The highest BCUT2D eigenvalue weighted by Crippen LogP contribution is 2.32. The van der Waals surface area contributed by atoms with Crippen molar-refractivity contribution < 1.29 is 22.7 Å². The molecule has 0 spiro atoms. The van der Waals surface area contributed by atoms with Crippen molar-refractivity contribution in [3.05, 3.63) is 23.8 Å². The van der Waals surface area contributed by atoms with Crippen LogP contribution < -0.4 is 10.2 Å². The van der Waals surface area contributed by atoms with Gasteiger partial charge in [0.15, 0.2) is 0 Å². The van der Waals surface area contributed by atoms with Crippen molar-refractivity contribution >= 4 is 27.7 Å². The number of ether oxygens (including phenoxy) is 1. The third kappa shape index (κ3) is 4.78. The maximum Gasteiger partial charge on any atom is 0.407 e. The van der Waals surface area contributed by atoms with Gasteiger partial charge in [-0.25, -0.2) is 13.2 Å². The summed E-state index contributed by atoms with van der Waals surface area (Å²) < 4.78 is 32.2. The van der Waals surface area contributed by atoms with Crippen LogP contribution in [0.3, 0.4) is 0 Å². The standard InChI is InChI=1S/C21H31N3O5S/c1-15(2)13-18(22-21(26)29-3)20(25)24-12-9-16-14-17(7-8-19(16)24)30(27,28)23-10-5-4-6-11-23/h7-8,14-15,18H,4-6,9-13H2,1-3H3,(H,22,26). The number of hydrogen-bond donors (Lipinski definition) is 1. The van der Waals surface area contributed by atoms with Crippen LogP contribution in [-0.2, 0) is 26.0 Å². The van der Waals surface area contributed by atoms with Gasteiger partial charge in [-0.05, 0) is 55.4 Å². The maximum absolute atomic E-state index is 13.2. The quantitative estimate of drug-likeness (QED) is 0.738. The van der Waals surface area contributed by atoms with Crippen LogP contribution in [0.4, 0.5) is 10.5 Å². The maximum atomic E-state index is 13.2. The van der Waals surface area contributed by atoms with Crippen molar-refractivity contribution in [3.63, 3.8) is 0 Å². The Morgan fingerprint density at radius 3 is 2.47 bits per heavy atom. The molecule has 1 aromatic rings. The van der Waals surface area contributed by atoms with E-state index in [0.717, 1.165) is 24.8 Å². The summed E-state index contributed by atoms with van der Waals surface area (Å²) in [5.74, 6) is -0.00488. The van der Waals surface area contributed by atoms with Gasteiger partial charge >= 0.3 is 6.09 Å². The molecule has 1 fully saturated rings. The molecule has 0 saturated carbocycles. The summed E-state index contributed by atoms with van der Waals surface area (Å²) in [5.41, 5.74) is 1.54. The molecule has 166 valence electrons. The number of carbonyl (C=O) groups excluding carboxylic acids is 2. The second kappa shape index (κ2) is 9.34. The number of amides is 2. The molecule has 0 aliphatic carbocycles. The lowest BCUT2D eigenvalue weighted by molar-refractivity contribution is -0.120. The van der Waals surface area contributed by atoms with Gasteiger partial charge in [-0.15, -0.1) is 0 Å². The molecule has 2 aliphatic heterocycles. The summed E-state index contributed by atoms with van der Waals surface area (Å²) in [6.07, 6.45) is 3.26. The van der Waals surface area contributed by atoms with E-state index in [-0.39, 0.29) is 16.7 Å². The first-order valence-electron chi connectivity index (χ1n) is 10.5. The fourth-order valence-electron chi connectivity index (χ4n) is 4.10. The Bertz CT molecular complexity index is 894. The highest BCUT2D eigenvalue weighted by molar-refractivity contribution is 7.89. The first kappa shape index (κ1) is 22.6. The number of nitrogens with zero attached hydrogens (tertiary/aromatic N) is 2. The van der Waals surface area contributed by atoms with Gasteiger partial charge in [-0.1, -0.05) is 20.3 Å². The first-order chi connectivity index (χ1) is 14.2. The molecular weight excluding hydrogens is 406 g/mol. The smallest absolute Gasteiger partial charge is 0.407 e. The average molecular weight is 438 g/mol. The number of rotatable bonds is 6. The van der Waals surface area contributed by atoms with Crippen molar-refractivity contribution in [2.24, 2.45) is 5.92 Å². The van der Waals surface area contributed by atoms with Crippen LogP contribution in [0.5, 0.6) is 0 Å². The number of anilines is 1. The number of carbonyl (C=O) groups is 2. The molecule has 1 N–H and O–H groups in total. The molecule has 0 aromatic heterocycles. The zero-order chi connectivity index (χ0) is 21.9. The molecule has 2 amide bonds. The van der Waals surface area contributed by atoms with Gasteiger partial charge in [-0.2, -0.15) is 4.31 Å². The van der Waals surface area contributed by atoms with Crippen molar-refractivity contribution in [2.75, 3.05) is 31.6 Å². The molecule has 8 nitrogen and oxygen atoms in total. The highest BCUT2D eigenvalue weighted by atomic mass is 32.2. The fourth-order valence-corrected chi connectivity index (χ4v) is 5.67. The van der Waals surface area contributed by atoms with Gasteiger partial charge in [0.05, 0.1) is 12.0 Å². The number of fused-ring (bicyclic) bond motifs is 1. The first-order valence-corrected chi connectivity index (χ1v) is 12.0. The minimum absolute atomic E-state index is 0.204. The fraction of sp³-hybridized carbons (Fsp3) is 0.619. The van der Waals surface area contributed by atoms with Gasteiger partial charge in [0.2, 0.25) is 15.9 Å². The van der Waals surface area contributed by atoms with Gasteiger partial charge in [0, 0.05) is 25.3 Å². The van der Waals surface area contributed by atoms with Crippen LogP contribution >= 0.6 is 0 Å². The third-order valence-electron chi connectivity index (χ3n) is 5.65. The third-order valence-corrected chi connectivity index (χ3v) is 7.54. The monoisotopic (exact) mass is 437 g/mol. The molecule has 2 aliphatic rings. The summed E-state index contributed by atoms with van der Waals surface area (Å²) >= 11 is 0. The summed E-state index contributed by atoms with van der Waals surface area (Å²) in [6.45, 7) is 5.53. The molecule has 1 saturated heterocycles. The van der Waals surface area contributed by atoms with Crippen LogP contribution in [0, 0.1) is 5.92 Å². The number of hydrogen-bond acceptors (Lipinski definition) is 5. The molecule has 30 heavy (non-hydrogen) atoms. The molecule has 1 aromatic carbocycles. The summed E-state index contributed by atoms with van der Waals surface area (Å²) in [4.78, 5) is 26.8. The van der Waals surface area contributed by atoms with E-state index in [9.17, 15) is 18.0 Å². The van der Waals surface area contributed by atoms with Gasteiger partial charge in [0.1, 0.15) is 6.04 Å². The summed E-state index contributed by atoms with van der Waals surface area (Å²) in [5, 5.41) is 2.63. The molecule has 0 radical (unpaired) electrons. The van der Waals surface area contributed by atoms with Crippen molar-refractivity contribution in [3.8, 4) is 0 Å². The Hall–Kier alpha value is -2.13. The van der Waals surface area contributed by atoms with Crippen LogP contribution in [0.2, 0.25) is 0 Å². The average Bonchev–Trinajstić information content (AvgIpc) is 3.16. The lowest BCUT2D eigenvalue weighted by Gasteiger charge is -2.27. The predicted molar refractivity (Wildman–Crippen MR) is 114 cm³/mol. The summed E-state index contributed by atoms with van der Waals surface area (Å²) in [7, 11) is -2.25. The van der Waals surface area contributed by atoms with Crippen molar-refractivity contribution in [2.45, 2.75) is 56.9 Å². The topological polar surface area (TPSA) is 96.0 Å². The predicted octanol–water partition coefficient (Wildman–Crippen LogP) is 2.52. The van der Waals surface area contributed by atoms with E-state index in [2.05, 4.69) is 10.1 Å². The van der Waals surface area contributed by atoms with Crippen LogP contribution in [0.25, 0.3) is 0 Å². The number of sulfonamides is 1. The number of methoxy groups -OCH3 is 1. The summed E-state index contributed by atoms with van der Waals surface area (Å²) in [6, 6.07) is 4.29. The highest BCUT2D eigenvalue weighted by Gasteiger charge is 2.33. The van der Waals surface area contributed by atoms with Gasteiger partial charge in [-0.3, -0.25) is 4.79 Å². The van der Waals surface area contributed by atoms with E-state index in [0.29, 0.717) is 38.2 Å². The Kier molecular flexibility index (Phi) is 7.02. The molecule has 1 unspecified atom stereocenters. The normalized spacial score (nSPS) is 18.2. The van der Waals surface area contributed by atoms with Crippen LogP contribution in [0.1, 0.15) is 45.1 Å². The number of benzene rings is 1. The van der Waals surface area contributed by atoms with E-state index >= 15 is 0 Å². The van der Waals surface area contributed by atoms with Crippen LogP contribution in [-0.4, -0.2) is 57.5 Å². The van der Waals surface area contributed by atoms with E-state index < -0.39 is 22.2 Å².